The number of halogens is 1. The van der Waals surface area contributed by atoms with Crippen LogP contribution in [0, 0.1) is 5.82 Å². The number of aromatic nitrogens is 2. The number of benzene rings is 2. The minimum Gasteiger partial charge on any atom is -0.455 e. The summed E-state index contributed by atoms with van der Waals surface area (Å²) >= 11 is 5.08. The number of anilines is 2. The number of furan rings is 1. The molecule has 0 saturated carbocycles. The van der Waals surface area contributed by atoms with Crippen molar-refractivity contribution in [1.29, 1.82) is 0 Å². The smallest absolute Gasteiger partial charge is 0.264 e. The number of hydrogen-bond donors (Lipinski definition) is 3. The second-order valence-corrected chi connectivity index (χ2v) is 8.80. The Morgan fingerprint density at radius 2 is 1.74 bits per heavy atom. The predicted octanol–water partition coefficient (Wildman–Crippen LogP) is 4.00. The van der Waals surface area contributed by atoms with Gasteiger partial charge in [-0.1, -0.05) is 12.1 Å². The molecule has 0 spiro atoms. The standard InChI is InChI=1S/C22H17FN6O3S2/c23-18-4-1-2-5-19(18)27-22(33)28-26-14-16-8-11-20(32-16)15-6-9-17(10-7-15)34(30,31)29-21-24-12-3-13-25-21/h1-14H,(H,24,25,29)(H2,27,28,33)/b26-14+. The molecule has 2 heterocycles. The molecule has 0 aliphatic carbocycles. The van der Waals surface area contributed by atoms with E-state index in [1.807, 2.05) is 0 Å². The van der Waals surface area contributed by atoms with Crippen molar-refractivity contribution in [3.63, 3.8) is 0 Å². The zero-order valence-electron chi connectivity index (χ0n) is 17.3. The fraction of sp³-hybridized carbons (Fsp3) is 0. The number of para-hydroxylation sites is 1. The maximum Gasteiger partial charge on any atom is 0.264 e. The van der Waals surface area contributed by atoms with E-state index in [2.05, 4.69) is 30.5 Å². The van der Waals surface area contributed by atoms with Crippen LogP contribution in [0.15, 0.2) is 93.5 Å². The van der Waals surface area contributed by atoms with E-state index in [-0.39, 0.29) is 21.6 Å². The molecule has 172 valence electrons. The fourth-order valence-corrected chi connectivity index (χ4v) is 3.89. The van der Waals surface area contributed by atoms with E-state index in [0.29, 0.717) is 17.1 Å². The van der Waals surface area contributed by atoms with Crippen LogP contribution in [0.2, 0.25) is 0 Å². The van der Waals surface area contributed by atoms with Crippen molar-refractivity contribution in [3.05, 3.63) is 90.7 Å². The van der Waals surface area contributed by atoms with Gasteiger partial charge in [-0.15, -0.1) is 0 Å². The maximum atomic E-state index is 13.6. The van der Waals surface area contributed by atoms with Crippen LogP contribution >= 0.6 is 12.2 Å². The van der Waals surface area contributed by atoms with Crippen molar-refractivity contribution in [1.82, 2.24) is 15.4 Å². The second kappa shape index (κ2) is 10.2. The molecular formula is C22H17FN6O3S2. The van der Waals surface area contributed by atoms with Gasteiger partial charge in [-0.3, -0.25) is 5.43 Å². The van der Waals surface area contributed by atoms with Crippen LogP contribution in [0.25, 0.3) is 11.3 Å². The van der Waals surface area contributed by atoms with Crippen LogP contribution < -0.4 is 15.5 Å². The van der Waals surface area contributed by atoms with Gasteiger partial charge >= 0.3 is 0 Å². The first kappa shape index (κ1) is 23.0. The van der Waals surface area contributed by atoms with Crippen molar-refractivity contribution < 1.29 is 17.2 Å². The largest absolute Gasteiger partial charge is 0.455 e. The van der Waals surface area contributed by atoms with Crippen LogP contribution in [0.3, 0.4) is 0 Å². The van der Waals surface area contributed by atoms with Gasteiger partial charge in [0.2, 0.25) is 5.95 Å². The Kier molecular flexibility index (Phi) is 6.90. The lowest BCUT2D eigenvalue weighted by molar-refractivity contribution is 0.574. The van der Waals surface area contributed by atoms with Crippen LogP contribution in [-0.2, 0) is 10.0 Å². The molecule has 0 aliphatic rings. The van der Waals surface area contributed by atoms with Crippen LogP contribution in [0.4, 0.5) is 16.0 Å². The van der Waals surface area contributed by atoms with Gasteiger partial charge in [0.05, 0.1) is 16.8 Å². The number of rotatable bonds is 7. The van der Waals surface area contributed by atoms with Gasteiger partial charge in [-0.25, -0.2) is 27.5 Å². The molecule has 2 aromatic heterocycles. The molecule has 0 saturated heterocycles. The third kappa shape index (κ3) is 5.79. The lowest BCUT2D eigenvalue weighted by Crippen LogP contribution is -2.24. The minimum atomic E-state index is -3.83. The van der Waals surface area contributed by atoms with E-state index in [9.17, 15) is 12.8 Å². The minimum absolute atomic E-state index is 0.0151. The summed E-state index contributed by atoms with van der Waals surface area (Å²) in [6.45, 7) is 0. The Morgan fingerprint density at radius 3 is 2.47 bits per heavy atom. The third-order valence-corrected chi connectivity index (χ3v) is 5.88. The molecule has 12 heteroatoms. The molecule has 0 fully saturated rings. The topological polar surface area (TPSA) is 122 Å². The summed E-state index contributed by atoms with van der Waals surface area (Å²) in [5, 5.41) is 6.78. The van der Waals surface area contributed by atoms with E-state index in [1.54, 1.807) is 48.5 Å². The molecule has 9 nitrogen and oxygen atoms in total. The number of nitrogens with one attached hydrogen (secondary N) is 3. The number of sulfonamides is 1. The first-order chi connectivity index (χ1) is 16.4. The number of hydrazone groups is 1. The van der Waals surface area contributed by atoms with Crippen LogP contribution in [-0.4, -0.2) is 29.7 Å². The Hall–Kier alpha value is -4.16. The van der Waals surface area contributed by atoms with Gasteiger partial charge in [-0.05, 0) is 66.8 Å². The molecule has 0 aliphatic heterocycles. The molecule has 0 amide bonds. The van der Waals surface area contributed by atoms with E-state index >= 15 is 0 Å². The van der Waals surface area contributed by atoms with Crippen molar-refractivity contribution in [3.8, 4) is 11.3 Å². The van der Waals surface area contributed by atoms with Gasteiger partial charge in [0.15, 0.2) is 5.11 Å². The highest BCUT2D eigenvalue weighted by molar-refractivity contribution is 7.92. The van der Waals surface area contributed by atoms with Crippen molar-refractivity contribution in [2.45, 2.75) is 4.90 Å². The molecule has 34 heavy (non-hydrogen) atoms. The Balaban J connectivity index is 1.37. The molecule has 0 bridgehead atoms. The summed E-state index contributed by atoms with van der Waals surface area (Å²) in [5.74, 6) is 0.487. The number of thiocarbonyl (C=S) groups is 1. The number of nitrogens with zero attached hydrogens (tertiary/aromatic N) is 3. The molecule has 2 aromatic carbocycles. The van der Waals surface area contributed by atoms with Gasteiger partial charge in [0.25, 0.3) is 10.0 Å². The lowest BCUT2D eigenvalue weighted by atomic mass is 10.2. The molecule has 0 atom stereocenters. The molecular weight excluding hydrogens is 479 g/mol. The quantitative estimate of drug-likeness (QED) is 0.199. The second-order valence-electron chi connectivity index (χ2n) is 6.71. The maximum absolute atomic E-state index is 13.6. The molecule has 3 N–H and O–H groups in total. The average Bonchev–Trinajstić information content (AvgIpc) is 3.30. The Bertz CT molecular complexity index is 1420. The molecule has 4 rings (SSSR count). The summed E-state index contributed by atoms with van der Waals surface area (Å²) in [6.07, 6.45) is 4.28. The van der Waals surface area contributed by atoms with Crippen molar-refractivity contribution in [2.24, 2.45) is 5.10 Å². The SMILES string of the molecule is O=S(=O)(Nc1ncccn1)c1ccc(-c2ccc(/C=N/NC(=S)Nc3ccccc3F)o2)cc1. The number of hydrogen-bond acceptors (Lipinski definition) is 7. The summed E-state index contributed by atoms with van der Waals surface area (Å²) in [7, 11) is -3.83. The highest BCUT2D eigenvalue weighted by Crippen LogP contribution is 2.24. The zero-order valence-corrected chi connectivity index (χ0v) is 19.0. The molecule has 0 unspecified atom stereocenters. The van der Waals surface area contributed by atoms with Crippen LogP contribution in [0.1, 0.15) is 5.76 Å². The Morgan fingerprint density at radius 1 is 1.00 bits per heavy atom. The highest BCUT2D eigenvalue weighted by Gasteiger charge is 2.16. The van der Waals surface area contributed by atoms with Crippen molar-refractivity contribution in [2.75, 3.05) is 10.0 Å². The summed E-state index contributed by atoms with van der Waals surface area (Å²) in [5.41, 5.74) is 3.47. The summed E-state index contributed by atoms with van der Waals surface area (Å²) < 4.78 is 46.6. The van der Waals surface area contributed by atoms with E-state index < -0.39 is 15.8 Å². The monoisotopic (exact) mass is 496 g/mol. The highest BCUT2D eigenvalue weighted by atomic mass is 32.2. The van der Waals surface area contributed by atoms with Gasteiger partial charge in [-0.2, -0.15) is 5.10 Å². The normalized spacial score (nSPS) is 11.3. The average molecular weight is 497 g/mol. The van der Waals surface area contributed by atoms with E-state index in [0.717, 1.165) is 0 Å². The summed E-state index contributed by atoms with van der Waals surface area (Å²) in [6, 6.07) is 17.2. The van der Waals surface area contributed by atoms with Crippen LogP contribution in [0.5, 0.6) is 0 Å². The van der Waals surface area contributed by atoms with E-state index in [1.165, 1.54) is 36.8 Å². The van der Waals surface area contributed by atoms with Gasteiger partial charge < -0.3 is 9.73 Å². The van der Waals surface area contributed by atoms with Crippen molar-refractivity contribution >= 4 is 45.2 Å². The predicted molar refractivity (Wildman–Crippen MR) is 130 cm³/mol. The first-order valence-corrected chi connectivity index (χ1v) is 11.6. The summed E-state index contributed by atoms with van der Waals surface area (Å²) in [4.78, 5) is 7.76. The van der Waals surface area contributed by atoms with E-state index in [4.69, 9.17) is 16.6 Å². The van der Waals surface area contributed by atoms with Gasteiger partial charge in [0.1, 0.15) is 17.3 Å². The first-order valence-electron chi connectivity index (χ1n) is 9.75. The fourth-order valence-electron chi connectivity index (χ4n) is 2.77. The van der Waals surface area contributed by atoms with Gasteiger partial charge in [0, 0.05) is 18.0 Å². The molecule has 0 radical (unpaired) electrons. The lowest BCUT2D eigenvalue weighted by Gasteiger charge is -2.07. The molecule has 4 aromatic rings. The Labute approximate surface area is 199 Å². The third-order valence-electron chi connectivity index (χ3n) is 4.35. The zero-order chi connectivity index (χ0) is 24.0.